The van der Waals surface area contributed by atoms with Gasteiger partial charge >= 0.3 is 5.97 Å². The number of aryl methyl sites for hydroxylation is 1. The summed E-state index contributed by atoms with van der Waals surface area (Å²) in [5.74, 6) is -1.39. The minimum atomic E-state index is -1.06. The Morgan fingerprint density at radius 2 is 2.00 bits per heavy atom. The van der Waals surface area contributed by atoms with Gasteiger partial charge in [0.2, 0.25) is 0 Å². The molecular weight excluding hydrogens is 330 g/mol. The molecule has 2 aromatic rings. The summed E-state index contributed by atoms with van der Waals surface area (Å²) in [5, 5.41) is 16.6. The number of halogens is 1. The van der Waals surface area contributed by atoms with E-state index in [2.05, 4.69) is 10.4 Å². The van der Waals surface area contributed by atoms with Crippen molar-refractivity contribution in [1.29, 1.82) is 0 Å². The number of carboxylic acids is 1. The molecule has 1 aromatic heterocycles. The van der Waals surface area contributed by atoms with E-state index in [4.69, 9.17) is 11.6 Å². The van der Waals surface area contributed by atoms with Crippen molar-refractivity contribution in [3.63, 3.8) is 0 Å². The smallest absolute Gasteiger partial charge is 0.326 e. The summed E-state index contributed by atoms with van der Waals surface area (Å²) in [6, 6.07) is 6.13. The van der Waals surface area contributed by atoms with Gasteiger partial charge in [-0.1, -0.05) is 43.6 Å². The zero-order chi connectivity index (χ0) is 17.9. The highest BCUT2D eigenvalue weighted by Gasteiger charge is 2.25. The zero-order valence-electron chi connectivity index (χ0n) is 13.8. The van der Waals surface area contributed by atoms with Gasteiger partial charge in [-0.25, -0.2) is 4.79 Å². The molecule has 2 N–H and O–H groups in total. The van der Waals surface area contributed by atoms with E-state index in [-0.39, 0.29) is 5.92 Å². The largest absolute Gasteiger partial charge is 0.480 e. The van der Waals surface area contributed by atoms with E-state index in [0.717, 1.165) is 0 Å². The van der Waals surface area contributed by atoms with Crippen molar-refractivity contribution in [3.05, 3.63) is 41.0 Å². The van der Waals surface area contributed by atoms with Crippen molar-refractivity contribution in [2.45, 2.75) is 26.3 Å². The number of nitrogens with one attached hydrogen (secondary N) is 1. The minimum Gasteiger partial charge on any atom is -0.480 e. The van der Waals surface area contributed by atoms with Gasteiger partial charge in [0.15, 0.2) is 0 Å². The highest BCUT2D eigenvalue weighted by atomic mass is 35.5. The van der Waals surface area contributed by atoms with Crippen LogP contribution in [0.25, 0.3) is 11.3 Å². The fourth-order valence-electron chi connectivity index (χ4n) is 2.44. The lowest BCUT2D eigenvalue weighted by atomic mass is 10.0. The number of rotatable bonds is 6. The molecule has 2 rings (SSSR count). The maximum atomic E-state index is 12.6. The van der Waals surface area contributed by atoms with Crippen LogP contribution in [-0.2, 0) is 11.8 Å². The standard InChI is InChI=1S/C17H20ClN3O3/c1-10(2)8-14(17(23)24)19-16(22)12-9-21(3)20-15(12)11-6-4-5-7-13(11)18/h4-7,9-10,14H,8H2,1-3H3,(H,19,22)(H,23,24)/t14-/m1/s1. The van der Waals surface area contributed by atoms with Gasteiger partial charge < -0.3 is 10.4 Å². The normalized spacial score (nSPS) is 12.2. The highest BCUT2D eigenvalue weighted by molar-refractivity contribution is 6.33. The summed E-state index contributed by atoms with van der Waals surface area (Å²) in [6.45, 7) is 3.81. The van der Waals surface area contributed by atoms with E-state index in [1.54, 1.807) is 37.5 Å². The molecule has 1 atom stereocenters. The Kier molecular flexibility index (Phi) is 5.62. The van der Waals surface area contributed by atoms with Crippen LogP contribution in [0.2, 0.25) is 5.02 Å². The van der Waals surface area contributed by atoms with Gasteiger partial charge in [-0.3, -0.25) is 9.48 Å². The number of amides is 1. The zero-order valence-corrected chi connectivity index (χ0v) is 14.5. The number of aliphatic carboxylic acids is 1. The average molecular weight is 350 g/mol. The van der Waals surface area contributed by atoms with Gasteiger partial charge in [0, 0.05) is 18.8 Å². The van der Waals surface area contributed by atoms with Gasteiger partial charge in [0.25, 0.3) is 5.91 Å². The fourth-order valence-corrected chi connectivity index (χ4v) is 2.66. The number of carboxylic acid groups (broad SMARTS) is 1. The van der Waals surface area contributed by atoms with E-state index in [0.29, 0.717) is 28.3 Å². The van der Waals surface area contributed by atoms with Crippen molar-refractivity contribution in [2.75, 3.05) is 0 Å². The topological polar surface area (TPSA) is 84.2 Å². The van der Waals surface area contributed by atoms with E-state index in [1.807, 2.05) is 13.8 Å². The van der Waals surface area contributed by atoms with Crippen LogP contribution >= 0.6 is 11.6 Å². The summed E-state index contributed by atoms with van der Waals surface area (Å²) >= 11 is 6.19. The molecule has 0 bridgehead atoms. The molecule has 0 saturated heterocycles. The second-order valence-corrected chi connectivity index (χ2v) is 6.45. The number of nitrogens with zero attached hydrogens (tertiary/aromatic N) is 2. The molecule has 0 unspecified atom stereocenters. The molecule has 0 aliphatic carbocycles. The van der Waals surface area contributed by atoms with Crippen LogP contribution < -0.4 is 5.32 Å². The molecule has 0 saturated carbocycles. The average Bonchev–Trinajstić information content (AvgIpc) is 2.88. The quantitative estimate of drug-likeness (QED) is 0.839. The monoisotopic (exact) mass is 349 g/mol. The number of aromatic nitrogens is 2. The van der Waals surface area contributed by atoms with Gasteiger partial charge in [-0.2, -0.15) is 5.10 Å². The molecule has 0 radical (unpaired) electrons. The third-order valence-electron chi connectivity index (χ3n) is 3.51. The van der Waals surface area contributed by atoms with Crippen LogP contribution in [-0.4, -0.2) is 32.8 Å². The first-order valence-corrected chi connectivity index (χ1v) is 7.99. The Balaban J connectivity index is 2.34. The Morgan fingerprint density at radius 1 is 1.33 bits per heavy atom. The number of hydrogen-bond acceptors (Lipinski definition) is 3. The third-order valence-corrected chi connectivity index (χ3v) is 3.84. The SMILES string of the molecule is CC(C)C[C@@H](NC(=O)c1cn(C)nc1-c1ccccc1Cl)C(=O)O. The van der Waals surface area contributed by atoms with E-state index in [9.17, 15) is 14.7 Å². The molecule has 0 aliphatic rings. The number of carbonyl (C=O) groups is 2. The molecule has 0 fully saturated rings. The predicted molar refractivity (Wildman–Crippen MR) is 92.0 cm³/mol. The first-order valence-electron chi connectivity index (χ1n) is 7.61. The molecular formula is C17H20ClN3O3. The first kappa shape index (κ1) is 18.0. The summed E-state index contributed by atoms with van der Waals surface area (Å²) in [7, 11) is 1.69. The fraction of sp³-hybridized carbons (Fsp3) is 0.353. The Hall–Kier alpha value is -2.34. The molecule has 128 valence electrons. The van der Waals surface area contributed by atoms with Crippen molar-refractivity contribution in [1.82, 2.24) is 15.1 Å². The first-order chi connectivity index (χ1) is 11.3. The summed E-state index contributed by atoms with van der Waals surface area (Å²) in [6.07, 6.45) is 1.91. The van der Waals surface area contributed by atoms with Crippen molar-refractivity contribution >= 4 is 23.5 Å². The van der Waals surface area contributed by atoms with E-state index >= 15 is 0 Å². The van der Waals surface area contributed by atoms with Crippen LogP contribution in [0.3, 0.4) is 0 Å². The minimum absolute atomic E-state index is 0.142. The Labute approximate surface area is 145 Å². The second-order valence-electron chi connectivity index (χ2n) is 6.04. The maximum Gasteiger partial charge on any atom is 0.326 e. The maximum absolute atomic E-state index is 12.6. The van der Waals surface area contributed by atoms with E-state index < -0.39 is 17.9 Å². The highest BCUT2D eigenvalue weighted by Crippen LogP contribution is 2.29. The van der Waals surface area contributed by atoms with Crippen molar-refractivity contribution in [3.8, 4) is 11.3 Å². The molecule has 1 amide bonds. The number of hydrogen-bond donors (Lipinski definition) is 2. The van der Waals surface area contributed by atoms with Crippen LogP contribution in [0.4, 0.5) is 0 Å². The van der Waals surface area contributed by atoms with Gasteiger partial charge in [-0.15, -0.1) is 0 Å². The molecule has 1 aromatic carbocycles. The summed E-state index contributed by atoms with van der Waals surface area (Å²) in [5.41, 5.74) is 1.34. The molecule has 0 aliphatic heterocycles. The van der Waals surface area contributed by atoms with Crippen molar-refractivity contribution < 1.29 is 14.7 Å². The molecule has 0 spiro atoms. The van der Waals surface area contributed by atoms with E-state index in [1.165, 1.54) is 4.68 Å². The lowest BCUT2D eigenvalue weighted by Crippen LogP contribution is -2.41. The molecule has 6 nitrogen and oxygen atoms in total. The predicted octanol–water partition coefficient (Wildman–Crippen LogP) is 2.97. The molecule has 1 heterocycles. The van der Waals surface area contributed by atoms with Crippen LogP contribution in [0, 0.1) is 5.92 Å². The van der Waals surface area contributed by atoms with Gasteiger partial charge in [-0.05, 0) is 18.4 Å². The Bertz CT molecular complexity index is 755. The van der Waals surface area contributed by atoms with Gasteiger partial charge in [0.05, 0.1) is 10.6 Å². The van der Waals surface area contributed by atoms with Crippen LogP contribution in [0.1, 0.15) is 30.6 Å². The number of carbonyl (C=O) groups excluding carboxylic acids is 1. The van der Waals surface area contributed by atoms with Crippen LogP contribution in [0.5, 0.6) is 0 Å². The lowest BCUT2D eigenvalue weighted by Gasteiger charge is -2.16. The summed E-state index contributed by atoms with van der Waals surface area (Å²) in [4.78, 5) is 23.9. The molecule has 24 heavy (non-hydrogen) atoms. The molecule has 7 heteroatoms. The number of benzene rings is 1. The summed E-state index contributed by atoms with van der Waals surface area (Å²) < 4.78 is 1.51. The lowest BCUT2D eigenvalue weighted by molar-refractivity contribution is -0.139. The third kappa shape index (κ3) is 4.14. The second kappa shape index (κ2) is 7.49. The van der Waals surface area contributed by atoms with Crippen LogP contribution in [0.15, 0.2) is 30.5 Å². The van der Waals surface area contributed by atoms with Gasteiger partial charge in [0.1, 0.15) is 11.7 Å². The Morgan fingerprint density at radius 3 is 2.58 bits per heavy atom. The van der Waals surface area contributed by atoms with Crippen molar-refractivity contribution in [2.24, 2.45) is 13.0 Å².